The van der Waals surface area contributed by atoms with Gasteiger partial charge in [-0.2, -0.15) is 18.3 Å². The summed E-state index contributed by atoms with van der Waals surface area (Å²) in [4.78, 5) is 32.1. The molecular formula is C23H27F3N6O3. The molecule has 1 N–H and O–H groups in total. The number of imidazole rings is 1. The summed E-state index contributed by atoms with van der Waals surface area (Å²) in [5.74, 6) is -0.417. The molecule has 0 aromatic carbocycles. The molecule has 1 aliphatic rings. The van der Waals surface area contributed by atoms with Crippen LogP contribution >= 0.6 is 0 Å². The van der Waals surface area contributed by atoms with Gasteiger partial charge in [-0.25, -0.2) is 4.98 Å². The molecule has 3 aromatic heterocycles. The molecule has 1 fully saturated rings. The van der Waals surface area contributed by atoms with Crippen molar-refractivity contribution in [3.8, 4) is 5.75 Å². The molecule has 12 heteroatoms. The number of carbonyl (C=O) groups excluding carboxylic acids is 2. The molecule has 0 bridgehead atoms. The van der Waals surface area contributed by atoms with E-state index < -0.39 is 17.8 Å². The summed E-state index contributed by atoms with van der Waals surface area (Å²) < 4.78 is 47.7. The van der Waals surface area contributed by atoms with Crippen LogP contribution in [0.15, 0.2) is 18.5 Å². The number of alkyl halides is 3. The highest BCUT2D eigenvalue weighted by molar-refractivity contribution is 5.96. The summed E-state index contributed by atoms with van der Waals surface area (Å²) in [6.45, 7) is 5.78. The first kappa shape index (κ1) is 24.6. The Morgan fingerprint density at radius 1 is 1.26 bits per heavy atom. The van der Waals surface area contributed by atoms with Crippen molar-refractivity contribution in [3.05, 3.63) is 46.7 Å². The number of piperidine rings is 1. The molecule has 1 saturated heterocycles. The minimum absolute atomic E-state index is 0.118. The molecule has 2 amide bonds. The molecular weight excluding hydrogens is 465 g/mol. The molecule has 4 rings (SSSR count). The third kappa shape index (κ3) is 4.44. The SMILES string of the molecule is COc1cc(C(=O)N2CC[C@@H](NC(=O)c3c(C)c(C(F)(F)F)nn3C)[C@@H](C)C2)cn2c(C)cnc12. The highest BCUT2D eigenvalue weighted by Crippen LogP contribution is 2.32. The molecule has 9 nitrogen and oxygen atoms in total. The largest absolute Gasteiger partial charge is 0.493 e. The number of nitrogens with zero attached hydrogens (tertiary/aromatic N) is 5. The van der Waals surface area contributed by atoms with Gasteiger partial charge in [0.15, 0.2) is 17.1 Å². The predicted molar refractivity (Wildman–Crippen MR) is 120 cm³/mol. The Hall–Kier alpha value is -3.57. The number of hydrogen-bond donors (Lipinski definition) is 1. The second-order valence-corrected chi connectivity index (χ2v) is 8.93. The summed E-state index contributed by atoms with van der Waals surface area (Å²) in [5, 5.41) is 6.32. The lowest BCUT2D eigenvalue weighted by Crippen LogP contribution is -2.51. The second-order valence-electron chi connectivity index (χ2n) is 8.93. The lowest BCUT2D eigenvalue weighted by molar-refractivity contribution is -0.141. The average Bonchev–Trinajstić information content (AvgIpc) is 3.32. The van der Waals surface area contributed by atoms with Crippen LogP contribution < -0.4 is 10.1 Å². The minimum atomic E-state index is -4.64. The van der Waals surface area contributed by atoms with Gasteiger partial charge in [-0.3, -0.25) is 14.3 Å². The first-order chi connectivity index (χ1) is 16.4. The van der Waals surface area contributed by atoms with Crippen molar-refractivity contribution in [3.63, 3.8) is 0 Å². The maximum atomic E-state index is 13.3. The number of pyridine rings is 1. The fourth-order valence-corrected chi connectivity index (χ4v) is 4.62. The van der Waals surface area contributed by atoms with E-state index in [1.807, 2.05) is 13.8 Å². The van der Waals surface area contributed by atoms with Crippen LogP contribution in [0, 0.1) is 19.8 Å². The Balaban J connectivity index is 1.47. The van der Waals surface area contributed by atoms with Gasteiger partial charge >= 0.3 is 6.18 Å². The molecule has 3 aromatic rings. The van der Waals surface area contributed by atoms with E-state index in [-0.39, 0.29) is 29.1 Å². The van der Waals surface area contributed by atoms with Crippen molar-refractivity contribution in [2.45, 2.75) is 39.4 Å². The third-order valence-corrected chi connectivity index (χ3v) is 6.50. The number of amides is 2. The van der Waals surface area contributed by atoms with Gasteiger partial charge in [0.1, 0.15) is 5.69 Å². The number of rotatable bonds is 4. The van der Waals surface area contributed by atoms with Crippen molar-refractivity contribution in [2.75, 3.05) is 20.2 Å². The summed E-state index contributed by atoms with van der Waals surface area (Å²) in [6.07, 6.45) is -0.750. The van der Waals surface area contributed by atoms with Crippen LogP contribution in [-0.4, -0.2) is 62.1 Å². The number of methoxy groups -OCH3 is 1. The van der Waals surface area contributed by atoms with Crippen LogP contribution in [0.4, 0.5) is 13.2 Å². The van der Waals surface area contributed by atoms with E-state index in [2.05, 4.69) is 15.4 Å². The van der Waals surface area contributed by atoms with Crippen molar-refractivity contribution in [2.24, 2.45) is 13.0 Å². The first-order valence-corrected chi connectivity index (χ1v) is 11.1. The molecule has 4 heterocycles. The molecule has 0 aliphatic carbocycles. The second kappa shape index (κ2) is 8.90. The summed E-state index contributed by atoms with van der Waals surface area (Å²) in [6, 6.07) is 1.36. The molecule has 0 radical (unpaired) electrons. The number of likely N-dealkylation sites (tertiary alicyclic amines) is 1. The normalized spacial score (nSPS) is 18.7. The van der Waals surface area contributed by atoms with Crippen LogP contribution in [-0.2, 0) is 13.2 Å². The summed E-state index contributed by atoms with van der Waals surface area (Å²) >= 11 is 0. The van der Waals surface area contributed by atoms with Crippen molar-refractivity contribution >= 4 is 17.5 Å². The van der Waals surface area contributed by atoms with Gasteiger partial charge in [0, 0.05) is 49.8 Å². The Morgan fingerprint density at radius 2 is 1.97 bits per heavy atom. The lowest BCUT2D eigenvalue weighted by Gasteiger charge is -2.37. The number of aromatic nitrogens is 4. The predicted octanol–water partition coefficient (Wildman–Crippen LogP) is 2.99. The molecule has 0 unspecified atom stereocenters. The molecule has 0 saturated carbocycles. The van der Waals surface area contributed by atoms with E-state index in [1.54, 1.807) is 27.8 Å². The van der Waals surface area contributed by atoms with E-state index in [0.717, 1.165) is 10.4 Å². The van der Waals surface area contributed by atoms with Gasteiger partial charge in [0.2, 0.25) is 0 Å². The first-order valence-electron chi connectivity index (χ1n) is 11.1. The van der Waals surface area contributed by atoms with E-state index >= 15 is 0 Å². The van der Waals surface area contributed by atoms with Crippen LogP contribution in [0.2, 0.25) is 0 Å². The monoisotopic (exact) mass is 492 g/mol. The fourth-order valence-electron chi connectivity index (χ4n) is 4.62. The average molecular weight is 493 g/mol. The number of nitrogens with one attached hydrogen (secondary N) is 1. The topological polar surface area (TPSA) is 93.8 Å². The zero-order valence-electron chi connectivity index (χ0n) is 20.1. The fraction of sp³-hybridized carbons (Fsp3) is 0.478. The molecule has 188 valence electrons. The summed E-state index contributed by atoms with van der Waals surface area (Å²) in [5.41, 5.74) is 0.530. The Labute approximate surface area is 199 Å². The van der Waals surface area contributed by atoms with E-state index in [1.165, 1.54) is 21.1 Å². The van der Waals surface area contributed by atoms with Crippen LogP contribution in [0.3, 0.4) is 0 Å². The maximum absolute atomic E-state index is 13.3. The van der Waals surface area contributed by atoms with Crippen molar-refractivity contribution in [1.82, 2.24) is 29.4 Å². The maximum Gasteiger partial charge on any atom is 0.435 e. The number of halogens is 3. The van der Waals surface area contributed by atoms with Gasteiger partial charge in [-0.1, -0.05) is 6.92 Å². The van der Waals surface area contributed by atoms with Gasteiger partial charge in [-0.05, 0) is 32.3 Å². The highest BCUT2D eigenvalue weighted by Gasteiger charge is 2.39. The molecule has 0 spiro atoms. The molecule has 1 aliphatic heterocycles. The van der Waals surface area contributed by atoms with Gasteiger partial charge < -0.3 is 19.4 Å². The molecule has 35 heavy (non-hydrogen) atoms. The van der Waals surface area contributed by atoms with E-state index in [4.69, 9.17) is 4.74 Å². The zero-order chi connectivity index (χ0) is 25.7. The van der Waals surface area contributed by atoms with Crippen LogP contribution in [0.1, 0.15) is 51.1 Å². The van der Waals surface area contributed by atoms with E-state index in [0.29, 0.717) is 36.5 Å². The van der Waals surface area contributed by atoms with Gasteiger partial charge in [-0.15, -0.1) is 0 Å². The van der Waals surface area contributed by atoms with Gasteiger partial charge in [0.25, 0.3) is 11.8 Å². The van der Waals surface area contributed by atoms with E-state index in [9.17, 15) is 22.8 Å². The van der Waals surface area contributed by atoms with Gasteiger partial charge in [0.05, 0.1) is 12.7 Å². The smallest absolute Gasteiger partial charge is 0.435 e. The van der Waals surface area contributed by atoms with Crippen molar-refractivity contribution in [1.29, 1.82) is 0 Å². The summed E-state index contributed by atoms with van der Waals surface area (Å²) in [7, 11) is 2.83. The number of fused-ring (bicyclic) bond motifs is 1. The Kier molecular flexibility index (Phi) is 6.24. The standard InChI is InChI=1S/C23H27F3N6O3/c1-12-10-31(22(34)15-8-17(35-5)20-27-9-13(2)32(20)11-15)7-6-16(12)28-21(33)18-14(3)19(23(24,25)26)29-30(18)4/h8-9,11-12,16H,6-7,10H2,1-5H3,(H,28,33)/t12-,16+/m0/s1. The number of hydrogen-bond acceptors (Lipinski definition) is 5. The number of aryl methyl sites for hydroxylation is 2. The Morgan fingerprint density at radius 3 is 2.57 bits per heavy atom. The Bertz CT molecular complexity index is 1300. The van der Waals surface area contributed by atoms with Crippen LogP contribution in [0.25, 0.3) is 5.65 Å². The molecule has 2 atom stereocenters. The zero-order valence-corrected chi connectivity index (χ0v) is 20.1. The minimum Gasteiger partial charge on any atom is -0.493 e. The van der Waals surface area contributed by atoms with Crippen LogP contribution in [0.5, 0.6) is 5.75 Å². The third-order valence-electron chi connectivity index (χ3n) is 6.50. The van der Waals surface area contributed by atoms with Crippen molar-refractivity contribution < 1.29 is 27.5 Å². The quantitative estimate of drug-likeness (QED) is 0.605. The number of carbonyl (C=O) groups is 2. The lowest BCUT2D eigenvalue weighted by atomic mass is 9.93. The highest BCUT2D eigenvalue weighted by atomic mass is 19.4. The number of ether oxygens (including phenoxy) is 1.